The first-order chi connectivity index (χ1) is 11.4. The van der Waals surface area contributed by atoms with Gasteiger partial charge in [-0.3, -0.25) is 0 Å². The zero-order valence-electron chi connectivity index (χ0n) is 15.7. The number of aryl methyl sites for hydroxylation is 1. The second-order valence-electron chi connectivity index (χ2n) is 7.80. The van der Waals surface area contributed by atoms with Crippen LogP contribution in [-0.2, 0) is 9.47 Å². The molecule has 2 amide bonds. The minimum absolute atomic E-state index is 0.229. The lowest BCUT2D eigenvalue weighted by molar-refractivity contribution is 0.0430. The van der Waals surface area contributed by atoms with Crippen molar-refractivity contribution in [3.05, 3.63) is 23.8 Å². The van der Waals surface area contributed by atoms with Gasteiger partial charge in [-0.2, -0.15) is 9.27 Å². The molecule has 0 aliphatic heterocycles. The fourth-order valence-corrected chi connectivity index (χ4v) is 2.81. The summed E-state index contributed by atoms with van der Waals surface area (Å²) in [5.74, 6) is 0.229. The number of nitrogens with zero attached hydrogens (tertiary/aromatic N) is 2. The van der Waals surface area contributed by atoms with Gasteiger partial charge < -0.3 is 9.47 Å². The number of amides is 2. The highest BCUT2D eigenvalue weighted by Gasteiger charge is 2.35. The van der Waals surface area contributed by atoms with Crippen LogP contribution < -0.4 is 4.90 Å². The molecule has 6 nitrogen and oxygen atoms in total. The Hall–Kier alpha value is -2.15. The molecule has 1 heterocycles. The molecule has 2 rings (SSSR count). The van der Waals surface area contributed by atoms with Crippen LogP contribution >= 0.6 is 11.5 Å². The number of carbonyl (C=O) groups is 2. The van der Waals surface area contributed by atoms with Crippen LogP contribution in [0.2, 0.25) is 0 Å². The van der Waals surface area contributed by atoms with E-state index in [1.807, 2.05) is 25.1 Å². The van der Waals surface area contributed by atoms with E-state index in [-0.39, 0.29) is 5.82 Å². The Morgan fingerprint density at radius 2 is 1.52 bits per heavy atom. The van der Waals surface area contributed by atoms with Gasteiger partial charge in [0.2, 0.25) is 0 Å². The van der Waals surface area contributed by atoms with E-state index in [4.69, 9.17) is 9.47 Å². The summed E-state index contributed by atoms with van der Waals surface area (Å²) in [5, 5.41) is 0.710. The second kappa shape index (κ2) is 6.63. The van der Waals surface area contributed by atoms with Crippen molar-refractivity contribution in [2.75, 3.05) is 4.90 Å². The Labute approximate surface area is 151 Å². The van der Waals surface area contributed by atoms with Crippen molar-refractivity contribution in [3.8, 4) is 0 Å². The molecule has 7 heteroatoms. The highest BCUT2D eigenvalue weighted by molar-refractivity contribution is 7.13. The van der Waals surface area contributed by atoms with Gasteiger partial charge in [0.1, 0.15) is 11.2 Å². The van der Waals surface area contributed by atoms with Crippen LogP contribution in [0.5, 0.6) is 0 Å². The molecule has 0 unspecified atom stereocenters. The molecule has 0 fully saturated rings. The van der Waals surface area contributed by atoms with Crippen molar-refractivity contribution in [3.63, 3.8) is 0 Å². The summed E-state index contributed by atoms with van der Waals surface area (Å²) in [7, 11) is 0. The Bertz CT molecular complexity index is 771. The topological polar surface area (TPSA) is 68.7 Å². The van der Waals surface area contributed by atoms with E-state index in [2.05, 4.69) is 4.37 Å². The molecule has 136 valence electrons. The molecular formula is C18H24N2O4S. The van der Waals surface area contributed by atoms with Crippen LogP contribution in [-0.4, -0.2) is 27.8 Å². The van der Waals surface area contributed by atoms with Crippen molar-refractivity contribution in [1.29, 1.82) is 0 Å². The Morgan fingerprint density at radius 1 is 1.00 bits per heavy atom. The highest BCUT2D eigenvalue weighted by Crippen LogP contribution is 2.32. The average molecular weight is 364 g/mol. The van der Waals surface area contributed by atoms with E-state index in [9.17, 15) is 9.59 Å². The van der Waals surface area contributed by atoms with E-state index in [1.54, 1.807) is 41.5 Å². The summed E-state index contributed by atoms with van der Waals surface area (Å²) >= 11 is 1.21. The standard InChI is InChI=1S/C18H24N2O4S/c1-11-8-9-13-12(10-11)14(19-25-13)20(15(21)23-17(2,3)4)16(22)24-18(5,6)7/h8-10H,1-7H3. The normalized spacial score (nSPS) is 12.1. The lowest BCUT2D eigenvalue weighted by Gasteiger charge is -2.27. The summed E-state index contributed by atoms with van der Waals surface area (Å²) in [6, 6.07) is 5.75. The maximum Gasteiger partial charge on any atom is 0.425 e. The van der Waals surface area contributed by atoms with E-state index in [0.29, 0.717) is 5.39 Å². The third-order valence-electron chi connectivity index (χ3n) is 2.97. The van der Waals surface area contributed by atoms with Gasteiger partial charge in [-0.15, -0.1) is 0 Å². The van der Waals surface area contributed by atoms with Gasteiger partial charge in [-0.25, -0.2) is 9.59 Å². The molecule has 1 aromatic carbocycles. The summed E-state index contributed by atoms with van der Waals surface area (Å²) in [4.78, 5) is 26.2. The first kappa shape index (κ1) is 19.2. The smallest absolute Gasteiger partial charge is 0.425 e. The predicted molar refractivity (Wildman–Crippen MR) is 99.3 cm³/mol. The third-order valence-corrected chi connectivity index (χ3v) is 3.79. The Morgan fingerprint density at radius 3 is 2.00 bits per heavy atom. The number of rotatable bonds is 1. The van der Waals surface area contributed by atoms with Crippen molar-refractivity contribution in [2.24, 2.45) is 0 Å². The molecule has 0 atom stereocenters. The zero-order chi connectivity index (χ0) is 19.0. The van der Waals surface area contributed by atoms with Crippen LogP contribution in [0.25, 0.3) is 10.1 Å². The zero-order valence-corrected chi connectivity index (χ0v) is 16.5. The third kappa shape index (κ3) is 4.92. The molecule has 0 saturated carbocycles. The molecular weight excluding hydrogens is 340 g/mol. The number of hydrogen-bond donors (Lipinski definition) is 0. The molecule has 0 spiro atoms. The van der Waals surface area contributed by atoms with Gasteiger partial charge in [-0.1, -0.05) is 11.6 Å². The molecule has 0 aliphatic rings. The number of benzene rings is 1. The van der Waals surface area contributed by atoms with Gasteiger partial charge in [0, 0.05) is 5.39 Å². The van der Waals surface area contributed by atoms with Crippen molar-refractivity contribution in [1.82, 2.24) is 4.37 Å². The molecule has 1 aromatic heterocycles. The second-order valence-corrected chi connectivity index (χ2v) is 8.61. The predicted octanol–water partition coefficient (Wildman–Crippen LogP) is 5.28. The molecule has 0 saturated heterocycles. The number of ether oxygens (including phenoxy) is 2. The number of hydrogen-bond acceptors (Lipinski definition) is 6. The van der Waals surface area contributed by atoms with Gasteiger partial charge in [-0.05, 0) is 72.1 Å². The SMILES string of the molecule is Cc1ccc2snc(N(C(=O)OC(C)(C)C)C(=O)OC(C)(C)C)c2c1. The van der Waals surface area contributed by atoms with Gasteiger partial charge in [0.05, 0.1) is 4.70 Å². The number of fused-ring (bicyclic) bond motifs is 1. The largest absolute Gasteiger partial charge is 0.443 e. The Balaban J connectivity index is 2.51. The average Bonchev–Trinajstić information content (AvgIpc) is 2.78. The molecule has 0 bridgehead atoms. The van der Waals surface area contributed by atoms with Crippen molar-refractivity contribution in [2.45, 2.75) is 59.7 Å². The van der Waals surface area contributed by atoms with E-state index < -0.39 is 23.4 Å². The fourth-order valence-electron chi connectivity index (χ4n) is 2.06. The van der Waals surface area contributed by atoms with Crippen molar-refractivity contribution >= 4 is 39.6 Å². The minimum atomic E-state index is -0.810. The molecule has 0 aliphatic carbocycles. The quantitative estimate of drug-likeness (QED) is 0.688. The van der Waals surface area contributed by atoms with E-state index in [0.717, 1.165) is 15.2 Å². The van der Waals surface area contributed by atoms with Crippen LogP contribution in [0, 0.1) is 6.92 Å². The summed E-state index contributed by atoms with van der Waals surface area (Å²) in [5.41, 5.74) is -0.500. The van der Waals surface area contributed by atoms with Crippen LogP contribution in [0.3, 0.4) is 0 Å². The first-order valence-corrected chi connectivity index (χ1v) is 8.77. The maximum atomic E-state index is 12.7. The van der Waals surface area contributed by atoms with Crippen molar-refractivity contribution < 1.29 is 19.1 Å². The van der Waals surface area contributed by atoms with Gasteiger partial charge in [0.25, 0.3) is 0 Å². The minimum Gasteiger partial charge on any atom is -0.443 e. The summed E-state index contributed by atoms with van der Waals surface area (Å²) < 4.78 is 16.0. The summed E-state index contributed by atoms with van der Waals surface area (Å²) in [6.07, 6.45) is -1.62. The van der Waals surface area contributed by atoms with Crippen LogP contribution in [0.15, 0.2) is 18.2 Å². The van der Waals surface area contributed by atoms with Crippen LogP contribution in [0.4, 0.5) is 15.4 Å². The molecule has 2 aromatic rings. The molecule has 25 heavy (non-hydrogen) atoms. The lowest BCUT2D eigenvalue weighted by atomic mass is 10.2. The Kier molecular flexibility index (Phi) is 5.09. The fraction of sp³-hybridized carbons (Fsp3) is 0.500. The number of carbonyl (C=O) groups excluding carboxylic acids is 2. The lowest BCUT2D eigenvalue weighted by Crippen LogP contribution is -2.44. The molecule has 0 radical (unpaired) electrons. The summed E-state index contributed by atoms with van der Waals surface area (Å²) in [6.45, 7) is 12.4. The van der Waals surface area contributed by atoms with Gasteiger partial charge in [0.15, 0.2) is 5.82 Å². The van der Waals surface area contributed by atoms with Crippen LogP contribution in [0.1, 0.15) is 47.1 Å². The highest BCUT2D eigenvalue weighted by atomic mass is 32.1. The van der Waals surface area contributed by atoms with E-state index >= 15 is 0 Å². The maximum absolute atomic E-state index is 12.7. The first-order valence-electron chi connectivity index (χ1n) is 7.99. The number of anilines is 1. The monoisotopic (exact) mass is 364 g/mol. The molecule has 0 N–H and O–H groups in total. The van der Waals surface area contributed by atoms with E-state index in [1.165, 1.54) is 11.5 Å². The number of aromatic nitrogens is 1. The van der Waals surface area contributed by atoms with Gasteiger partial charge >= 0.3 is 12.2 Å². The number of imide groups is 1.